The first kappa shape index (κ1) is 21.2. The molecule has 0 fully saturated rings. The van der Waals surface area contributed by atoms with Crippen molar-refractivity contribution in [3.8, 4) is 17.4 Å². The van der Waals surface area contributed by atoms with E-state index in [4.69, 9.17) is 16.0 Å². The topological polar surface area (TPSA) is 152 Å². The van der Waals surface area contributed by atoms with E-state index in [9.17, 15) is 30.3 Å². The van der Waals surface area contributed by atoms with Crippen LogP contribution in [0.3, 0.4) is 0 Å². The highest BCUT2D eigenvalue weighted by molar-refractivity contribution is 6.30. The second kappa shape index (κ2) is 8.89. The van der Waals surface area contributed by atoms with Crippen molar-refractivity contribution in [1.82, 2.24) is 0 Å². The number of nitro benzene ring substituents is 2. The molecule has 0 bridgehead atoms. The zero-order chi connectivity index (χ0) is 22.5. The first-order valence-corrected chi connectivity index (χ1v) is 8.88. The molecule has 0 atom stereocenters. The average molecular weight is 439 g/mol. The minimum atomic E-state index is -0.807. The first-order valence-electron chi connectivity index (χ1n) is 8.50. The van der Waals surface area contributed by atoms with E-state index in [2.05, 4.69) is 5.32 Å². The summed E-state index contributed by atoms with van der Waals surface area (Å²) < 4.78 is 5.54. The Labute approximate surface area is 179 Å². The van der Waals surface area contributed by atoms with Crippen molar-refractivity contribution in [2.24, 2.45) is 0 Å². The Bertz CT molecular complexity index is 1270. The number of nitrogens with zero attached hydrogens (tertiary/aromatic N) is 3. The summed E-state index contributed by atoms with van der Waals surface area (Å²) in [5, 5.41) is 34.0. The maximum Gasteiger partial charge on any atom is 0.281 e. The zero-order valence-electron chi connectivity index (χ0n) is 15.4. The van der Waals surface area contributed by atoms with Crippen molar-refractivity contribution in [3.63, 3.8) is 0 Å². The number of carbonyl (C=O) groups excluding carboxylic acids is 1. The quantitative estimate of drug-likeness (QED) is 0.247. The number of nitrogens with one attached hydrogen (secondary N) is 1. The molecule has 0 radical (unpaired) electrons. The molecule has 0 spiro atoms. The highest BCUT2D eigenvalue weighted by Gasteiger charge is 2.19. The van der Waals surface area contributed by atoms with Crippen molar-refractivity contribution >= 4 is 40.6 Å². The summed E-state index contributed by atoms with van der Waals surface area (Å²) in [6.07, 6.45) is 1.15. The molecule has 1 amide bonds. The van der Waals surface area contributed by atoms with Gasteiger partial charge >= 0.3 is 0 Å². The molecule has 31 heavy (non-hydrogen) atoms. The Morgan fingerprint density at radius 2 is 1.87 bits per heavy atom. The van der Waals surface area contributed by atoms with Crippen molar-refractivity contribution in [1.29, 1.82) is 5.26 Å². The highest BCUT2D eigenvalue weighted by atomic mass is 35.5. The summed E-state index contributed by atoms with van der Waals surface area (Å²) in [5.74, 6) is -0.561. The van der Waals surface area contributed by atoms with E-state index in [1.54, 1.807) is 6.07 Å². The predicted molar refractivity (Wildman–Crippen MR) is 111 cm³/mol. The predicted octanol–water partition coefficient (Wildman–Crippen LogP) is 4.96. The summed E-state index contributed by atoms with van der Waals surface area (Å²) >= 11 is 5.81. The Hall–Kier alpha value is -4.49. The number of rotatable bonds is 6. The molecule has 1 heterocycles. The number of non-ortho nitro benzene ring substituents is 1. The number of hydrogen-bond acceptors (Lipinski definition) is 7. The van der Waals surface area contributed by atoms with Crippen molar-refractivity contribution in [2.45, 2.75) is 0 Å². The van der Waals surface area contributed by atoms with Gasteiger partial charge in [-0.05, 0) is 30.3 Å². The fourth-order valence-electron chi connectivity index (χ4n) is 2.63. The van der Waals surface area contributed by atoms with E-state index < -0.39 is 15.8 Å². The lowest BCUT2D eigenvalue weighted by Crippen LogP contribution is -2.13. The van der Waals surface area contributed by atoms with Gasteiger partial charge in [0, 0.05) is 35.0 Å². The molecule has 0 unspecified atom stereocenters. The second-order valence-electron chi connectivity index (χ2n) is 6.05. The molecule has 0 saturated carbocycles. The van der Waals surface area contributed by atoms with Gasteiger partial charge in [0.15, 0.2) is 0 Å². The SMILES string of the molecule is N#C/C(=C\c1ccc(-c2ccc(Cl)cc2[N+](=O)[O-])o1)C(=O)Nc1cccc([N+](=O)[O-])c1. The van der Waals surface area contributed by atoms with Gasteiger partial charge in [0.05, 0.1) is 15.4 Å². The largest absolute Gasteiger partial charge is 0.456 e. The normalized spacial score (nSPS) is 10.9. The average Bonchev–Trinajstić information content (AvgIpc) is 3.20. The fraction of sp³-hybridized carbons (Fsp3) is 0. The molecule has 10 nitrogen and oxygen atoms in total. The van der Waals surface area contributed by atoms with E-state index in [1.807, 2.05) is 0 Å². The third-order valence-corrected chi connectivity index (χ3v) is 4.25. The highest BCUT2D eigenvalue weighted by Crippen LogP contribution is 2.33. The monoisotopic (exact) mass is 438 g/mol. The summed E-state index contributed by atoms with van der Waals surface area (Å²) in [6, 6.07) is 13.9. The number of halogens is 1. The molecule has 0 aliphatic carbocycles. The number of hydrogen-bond donors (Lipinski definition) is 1. The van der Waals surface area contributed by atoms with Gasteiger partial charge in [0.1, 0.15) is 23.2 Å². The minimum Gasteiger partial charge on any atom is -0.456 e. The van der Waals surface area contributed by atoms with Crippen LogP contribution in [0.2, 0.25) is 5.02 Å². The number of benzene rings is 2. The maximum absolute atomic E-state index is 12.4. The lowest BCUT2D eigenvalue weighted by atomic mass is 10.1. The number of anilines is 1. The number of nitriles is 1. The molecule has 3 rings (SSSR count). The zero-order valence-corrected chi connectivity index (χ0v) is 16.2. The first-order chi connectivity index (χ1) is 14.8. The number of furan rings is 1. The van der Waals surface area contributed by atoms with Crippen LogP contribution in [-0.4, -0.2) is 15.8 Å². The summed E-state index contributed by atoms with van der Waals surface area (Å²) in [6.45, 7) is 0. The third-order valence-electron chi connectivity index (χ3n) is 4.02. The molecular weight excluding hydrogens is 428 g/mol. The van der Waals surface area contributed by atoms with E-state index in [1.165, 1.54) is 48.5 Å². The van der Waals surface area contributed by atoms with Crippen LogP contribution < -0.4 is 5.32 Å². The number of carbonyl (C=O) groups is 1. The molecule has 2 aromatic carbocycles. The van der Waals surface area contributed by atoms with E-state index in [0.717, 1.165) is 12.1 Å². The van der Waals surface area contributed by atoms with Gasteiger partial charge in [-0.15, -0.1) is 0 Å². The molecule has 3 aromatic rings. The number of nitro groups is 2. The fourth-order valence-corrected chi connectivity index (χ4v) is 2.79. The van der Waals surface area contributed by atoms with Crippen LogP contribution in [0.25, 0.3) is 17.4 Å². The van der Waals surface area contributed by atoms with Gasteiger partial charge in [0.25, 0.3) is 17.3 Å². The summed E-state index contributed by atoms with van der Waals surface area (Å²) in [5.41, 5.74) is -0.509. The molecule has 0 aliphatic rings. The Kier molecular flexibility index (Phi) is 6.09. The standard InChI is InChI=1S/C20H11ClN4O6/c21-13-4-6-17(18(9-13)25(29)30)19-7-5-16(31-19)8-12(11-22)20(26)23-14-2-1-3-15(10-14)24(27)28/h1-10H,(H,23,26)/b12-8+. The molecular formula is C20H11ClN4O6. The van der Waals surface area contributed by atoms with Crippen LogP contribution in [-0.2, 0) is 4.79 Å². The lowest BCUT2D eigenvalue weighted by molar-refractivity contribution is -0.384. The van der Waals surface area contributed by atoms with Crippen LogP contribution in [0.15, 0.2) is 64.6 Å². The Morgan fingerprint density at radius 1 is 1.10 bits per heavy atom. The lowest BCUT2D eigenvalue weighted by Gasteiger charge is -2.03. The Balaban J connectivity index is 1.86. The van der Waals surface area contributed by atoms with Gasteiger partial charge in [0.2, 0.25) is 0 Å². The van der Waals surface area contributed by atoms with Gasteiger partial charge in [-0.2, -0.15) is 5.26 Å². The molecule has 0 aliphatic heterocycles. The van der Waals surface area contributed by atoms with Gasteiger partial charge in [-0.25, -0.2) is 0 Å². The van der Waals surface area contributed by atoms with E-state index in [-0.39, 0.29) is 44.7 Å². The van der Waals surface area contributed by atoms with Gasteiger partial charge in [-0.3, -0.25) is 25.0 Å². The van der Waals surface area contributed by atoms with Crippen LogP contribution in [0, 0.1) is 31.6 Å². The van der Waals surface area contributed by atoms with Crippen LogP contribution >= 0.6 is 11.6 Å². The number of amides is 1. The summed E-state index contributed by atoms with van der Waals surface area (Å²) in [4.78, 5) is 33.3. The minimum absolute atomic E-state index is 0.102. The second-order valence-corrected chi connectivity index (χ2v) is 6.49. The van der Waals surface area contributed by atoms with Crippen LogP contribution in [0.1, 0.15) is 5.76 Å². The smallest absolute Gasteiger partial charge is 0.281 e. The molecule has 11 heteroatoms. The molecule has 154 valence electrons. The van der Waals surface area contributed by atoms with Gasteiger partial charge < -0.3 is 9.73 Å². The van der Waals surface area contributed by atoms with Crippen LogP contribution in [0.5, 0.6) is 0 Å². The third kappa shape index (κ3) is 4.92. The molecule has 1 aromatic heterocycles. The van der Waals surface area contributed by atoms with Gasteiger partial charge in [-0.1, -0.05) is 17.7 Å². The van der Waals surface area contributed by atoms with Crippen molar-refractivity contribution < 1.29 is 19.1 Å². The van der Waals surface area contributed by atoms with Crippen LogP contribution in [0.4, 0.5) is 17.1 Å². The maximum atomic E-state index is 12.4. The van der Waals surface area contributed by atoms with Crippen molar-refractivity contribution in [3.05, 3.63) is 91.2 Å². The van der Waals surface area contributed by atoms with E-state index in [0.29, 0.717) is 0 Å². The molecule has 0 saturated heterocycles. The summed E-state index contributed by atoms with van der Waals surface area (Å²) in [7, 11) is 0. The van der Waals surface area contributed by atoms with E-state index >= 15 is 0 Å². The molecule has 1 N–H and O–H groups in total. The Morgan fingerprint density at radius 3 is 2.55 bits per heavy atom. The van der Waals surface area contributed by atoms with Crippen molar-refractivity contribution in [2.75, 3.05) is 5.32 Å².